The molecule has 1 saturated carbocycles. The van der Waals surface area contributed by atoms with Gasteiger partial charge in [0, 0.05) is 6.07 Å². The minimum absolute atomic E-state index is 0.237. The Morgan fingerprint density at radius 3 is 1.89 bits per heavy atom. The highest BCUT2D eigenvalue weighted by atomic mass is 35.5. The normalized spacial score (nSPS) is 35.8. The molecule has 6 nitrogen and oxygen atoms in total. The summed E-state index contributed by atoms with van der Waals surface area (Å²) in [5, 5.41) is 10.5. The number of carbonyl (C=O) groups excluding carboxylic acids is 2. The summed E-state index contributed by atoms with van der Waals surface area (Å²) in [5.41, 5.74) is -1.16. The number of amides is 2. The summed E-state index contributed by atoms with van der Waals surface area (Å²) in [6.45, 7) is 0. The third-order valence-corrected chi connectivity index (χ3v) is 9.55. The molecule has 2 amide bonds. The molecule has 28 heavy (non-hydrogen) atoms. The van der Waals surface area contributed by atoms with Gasteiger partial charge in [-0.25, -0.2) is 4.90 Å². The first-order valence-corrected chi connectivity index (χ1v) is 9.73. The number of imide groups is 1. The number of hydrogen-bond acceptors (Lipinski definition) is 4. The van der Waals surface area contributed by atoms with Crippen LogP contribution < -0.4 is 4.90 Å². The Kier molecular flexibility index (Phi) is 4.28. The van der Waals surface area contributed by atoms with Crippen molar-refractivity contribution in [2.45, 2.75) is 14.1 Å². The van der Waals surface area contributed by atoms with Crippen molar-refractivity contribution < 1.29 is 18.9 Å². The quantitative estimate of drug-likeness (QED) is 0.251. The van der Waals surface area contributed by atoms with Gasteiger partial charge < -0.3 is 0 Å². The van der Waals surface area contributed by atoms with E-state index in [-0.39, 0.29) is 15.8 Å². The van der Waals surface area contributed by atoms with Gasteiger partial charge in [-0.3, -0.25) is 19.7 Å². The van der Waals surface area contributed by atoms with Gasteiger partial charge in [0.25, 0.3) is 0 Å². The van der Waals surface area contributed by atoms with Crippen LogP contribution >= 0.6 is 69.6 Å². The third-order valence-electron chi connectivity index (χ3n) is 5.29. The molecule has 13 heteroatoms. The molecule has 3 aliphatic rings. The molecule has 2 fully saturated rings. The van der Waals surface area contributed by atoms with Crippen molar-refractivity contribution in [2.24, 2.45) is 11.8 Å². The molecule has 0 radical (unpaired) electrons. The number of fused-ring (bicyclic) bond motifs is 5. The Hall–Kier alpha value is -0.830. The zero-order valence-electron chi connectivity index (χ0n) is 13.1. The lowest BCUT2D eigenvalue weighted by atomic mass is 9.84. The second-order valence-corrected chi connectivity index (χ2v) is 9.76. The van der Waals surface area contributed by atoms with Crippen LogP contribution in [0.1, 0.15) is 0 Å². The highest BCUT2D eigenvalue weighted by molar-refractivity contribution is 6.67. The SMILES string of the molecule is O=C1[C@@H]2[C@H](C(=O)N1c1ccc(F)c([N+](=O)[O-])c1)[C@]1(Cl)C(Cl)=C(Cl)[C@@]2(Cl)C1(Cl)Cl. The lowest BCUT2D eigenvalue weighted by Gasteiger charge is -2.34. The van der Waals surface area contributed by atoms with Crippen molar-refractivity contribution in [3.8, 4) is 0 Å². The molecule has 4 rings (SSSR count). The first kappa shape index (κ1) is 20.4. The second kappa shape index (κ2) is 5.86. The maximum Gasteiger partial charge on any atom is 0.306 e. The largest absolute Gasteiger partial charge is 0.306 e. The number of allylic oxidation sites excluding steroid dienone is 2. The van der Waals surface area contributed by atoms with E-state index in [9.17, 15) is 24.1 Å². The van der Waals surface area contributed by atoms with Gasteiger partial charge in [-0.05, 0) is 12.1 Å². The van der Waals surface area contributed by atoms with E-state index in [1.165, 1.54) is 0 Å². The molecule has 0 unspecified atom stereocenters. The van der Waals surface area contributed by atoms with Crippen LogP contribution in [0.15, 0.2) is 28.3 Å². The molecule has 0 aromatic heterocycles. The summed E-state index contributed by atoms with van der Waals surface area (Å²) in [7, 11) is 0. The molecule has 2 bridgehead atoms. The fourth-order valence-corrected chi connectivity index (χ4v) is 6.96. The molecular formula is C15H5Cl6FN2O4. The lowest BCUT2D eigenvalue weighted by Crippen LogP contribution is -2.50. The Morgan fingerprint density at radius 2 is 1.46 bits per heavy atom. The van der Waals surface area contributed by atoms with Crippen LogP contribution in [0.3, 0.4) is 0 Å². The predicted octanol–water partition coefficient (Wildman–Crippen LogP) is 4.69. The number of nitro benzene ring substituents is 1. The van der Waals surface area contributed by atoms with Crippen molar-refractivity contribution in [3.05, 3.63) is 44.2 Å². The smallest absolute Gasteiger partial charge is 0.274 e. The summed E-state index contributed by atoms with van der Waals surface area (Å²) in [4.78, 5) is 32.8. The average molecular weight is 509 g/mol. The van der Waals surface area contributed by atoms with E-state index in [1.54, 1.807) is 0 Å². The van der Waals surface area contributed by atoms with Gasteiger partial charge in [-0.1, -0.05) is 46.4 Å². The van der Waals surface area contributed by atoms with E-state index in [0.717, 1.165) is 18.2 Å². The number of nitrogens with zero attached hydrogens (tertiary/aromatic N) is 2. The number of benzene rings is 1. The summed E-state index contributed by atoms with van der Waals surface area (Å²) in [5.74, 6) is -5.67. The zero-order valence-corrected chi connectivity index (χ0v) is 17.6. The van der Waals surface area contributed by atoms with E-state index in [2.05, 4.69) is 0 Å². The Morgan fingerprint density at radius 1 is 1.00 bits per heavy atom. The molecular weight excluding hydrogens is 504 g/mol. The number of carbonyl (C=O) groups is 2. The molecule has 0 spiro atoms. The number of nitro groups is 1. The van der Waals surface area contributed by atoms with Gasteiger partial charge in [0.15, 0.2) is 4.33 Å². The predicted molar refractivity (Wildman–Crippen MR) is 103 cm³/mol. The summed E-state index contributed by atoms with van der Waals surface area (Å²) in [6, 6.07) is 2.55. The Labute approximate surface area is 186 Å². The summed E-state index contributed by atoms with van der Waals surface area (Å²) < 4.78 is 11.6. The van der Waals surface area contributed by atoms with Gasteiger partial charge in [0.05, 0.1) is 32.5 Å². The van der Waals surface area contributed by atoms with Gasteiger partial charge in [0.1, 0.15) is 9.75 Å². The van der Waals surface area contributed by atoms with Gasteiger partial charge in [-0.15, -0.1) is 23.2 Å². The number of halogens is 7. The average Bonchev–Trinajstić information content (AvgIpc) is 3.00. The number of hydrogen-bond donors (Lipinski definition) is 0. The molecule has 1 aliphatic heterocycles. The van der Waals surface area contributed by atoms with E-state index < -0.39 is 54.2 Å². The molecule has 1 heterocycles. The van der Waals surface area contributed by atoms with Crippen molar-refractivity contribution in [1.29, 1.82) is 0 Å². The third kappa shape index (κ3) is 1.98. The van der Waals surface area contributed by atoms with E-state index in [4.69, 9.17) is 69.6 Å². The molecule has 4 atom stereocenters. The fourth-order valence-electron chi connectivity index (χ4n) is 4.03. The van der Waals surface area contributed by atoms with Gasteiger partial charge in [0.2, 0.25) is 17.6 Å². The van der Waals surface area contributed by atoms with Crippen molar-refractivity contribution in [3.63, 3.8) is 0 Å². The Bertz CT molecular complexity index is 986. The van der Waals surface area contributed by atoms with E-state index in [1.807, 2.05) is 0 Å². The summed E-state index contributed by atoms with van der Waals surface area (Å²) in [6.07, 6.45) is 0. The first-order valence-electron chi connectivity index (χ1n) is 7.47. The molecule has 148 valence electrons. The van der Waals surface area contributed by atoms with Crippen molar-refractivity contribution in [2.75, 3.05) is 4.90 Å². The minimum atomic E-state index is -2.08. The van der Waals surface area contributed by atoms with Crippen LogP contribution in [0, 0.1) is 27.8 Å². The fraction of sp³-hybridized carbons (Fsp3) is 0.333. The van der Waals surface area contributed by atoms with Crippen LogP contribution in [-0.2, 0) is 9.59 Å². The highest BCUT2D eigenvalue weighted by Crippen LogP contribution is 2.77. The monoisotopic (exact) mass is 506 g/mol. The van der Waals surface area contributed by atoms with Crippen LogP contribution in [0.4, 0.5) is 15.8 Å². The molecule has 1 saturated heterocycles. The highest BCUT2D eigenvalue weighted by Gasteiger charge is 2.87. The molecule has 1 aromatic rings. The van der Waals surface area contributed by atoms with Crippen molar-refractivity contribution >= 4 is 92.8 Å². The Balaban J connectivity index is 1.89. The van der Waals surface area contributed by atoms with Crippen LogP contribution in [0.2, 0.25) is 0 Å². The summed E-state index contributed by atoms with van der Waals surface area (Å²) >= 11 is 38.2. The van der Waals surface area contributed by atoms with E-state index in [0.29, 0.717) is 4.90 Å². The van der Waals surface area contributed by atoms with Crippen LogP contribution in [-0.4, -0.2) is 30.8 Å². The van der Waals surface area contributed by atoms with E-state index >= 15 is 0 Å². The maximum atomic E-state index is 13.6. The van der Waals surface area contributed by atoms with Crippen LogP contribution in [0.25, 0.3) is 0 Å². The first-order chi connectivity index (χ1) is 12.8. The second-order valence-electron chi connectivity index (χ2n) is 6.49. The van der Waals surface area contributed by atoms with Crippen LogP contribution in [0.5, 0.6) is 0 Å². The molecule has 0 N–H and O–H groups in total. The zero-order chi connectivity index (χ0) is 21.0. The van der Waals surface area contributed by atoms with Gasteiger partial charge in [-0.2, -0.15) is 4.39 Å². The van der Waals surface area contributed by atoms with Crippen molar-refractivity contribution in [1.82, 2.24) is 0 Å². The van der Waals surface area contributed by atoms with Gasteiger partial charge >= 0.3 is 5.69 Å². The lowest BCUT2D eigenvalue weighted by molar-refractivity contribution is -0.387. The number of rotatable bonds is 2. The number of anilines is 1. The minimum Gasteiger partial charge on any atom is -0.274 e. The standard InChI is InChI=1S/C15H5Cl6FN2O4/c16-9-10(17)14(19)8-7(13(9,18)15(14,20)21)11(25)23(12(8)26)4-1-2-5(22)6(3-4)24(27)28/h1-3,7-8H/t7-,8+,13+,14-. The maximum absolute atomic E-state index is 13.6. The topological polar surface area (TPSA) is 80.5 Å². The number of alkyl halides is 4. The molecule has 2 aliphatic carbocycles. The molecule has 1 aromatic carbocycles.